The van der Waals surface area contributed by atoms with Gasteiger partial charge in [-0.25, -0.2) is 4.79 Å². The van der Waals surface area contributed by atoms with Crippen molar-refractivity contribution in [3.63, 3.8) is 0 Å². The lowest BCUT2D eigenvalue weighted by Crippen LogP contribution is -2.37. The van der Waals surface area contributed by atoms with Crippen molar-refractivity contribution < 1.29 is 19.6 Å². The van der Waals surface area contributed by atoms with Gasteiger partial charge < -0.3 is 15.7 Å². The molecule has 0 saturated heterocycles. The second-order valence-electron chi connectivity index (χ2n) is 4.05. The lowest BCUT2D eigenvalue weighted by Gasteiger charge is -2.16. The van der Waals surface area contributed by atoms with E-state index in [-0.39, 0.29) is 22.8 Å². The van der Waals surface area contributed by atoms with E-state index < -0.39 is 16.9 Å². The van der Waals surface area contributed by atoms with Gasteiger partial charge in [0.05, 0.1) is 10.5 Å². The smallest absolute Gasteiger partial charge is 0.338 e. The molecule has 8 nitrogen and oxygen atoms in total. The molecule has 0 aliphatic rings. The molecule has 0 spiro atoms. The molecule has 0 radical (unpaired) electrons. The molecule has 1 aromatic carbocycles. The summed E-state index contributed by atoms with van der Waals surface area (Å²) in [7, 11) is 0. The average Bonchev–Trinajstić information content (AvgIpc) is 2.38. The van der Waals surface area contributed by atoms with Crippen molar-refractivity contribution in [3.8, 4) is 0 Å². The van der Waals surface area contributed by atoms with Crippen LogP contribution in [0.25, 0.3) is 0 Å². The Balaban J connectivity index is 3.03. The van der Waals surface area contributed by atoms with Gasteiger partial charge in [-0.3, -0.25) is 14.9 Å². The van der Waals surface area contributed by atoms with Crippen LogP contribution in [0.3, 0.4) is 0 Å². The maximum absolute atomic E-state index is 11.6. The van der Waals surface area contributed by atoms with Crippen LogP contribution < -0.4 is 10.6 Å². The summed E-state index contributed by atoms with van der Waals surface area (Å²) in [6.07, 6.45) is 0. The highest BCUT2D eigenvalue weighted by Gasteiger charge is 2.19. The van der Waals surface area contributed by atoms with Crippen molar-refractivity contribution in [2.24, 2.45) is 0 Å². The molecule has 0 bridgehead atoms. The van der Waals surface area contributed by atoms with E-state index >= 15 is 0 Å². The van der Waals surface area contributed by atoms with E-state index in [1.54, 1.807) is 13.8 Å². The number of carboxylic acid groups (broad SMARTS) is 1. The van der Waals surface area contributed by atoms with E-state index in [1.807, 2.05) is 0 Å². The zero-order chi connectivity index (χ0) is 15.3. The number of nitrogens with one attached hydrogen (secondary N) is 2. The summed E-state index contributed by atoms with van der Waals surface area (Å²) >= 11 is 0. The molecule has 1 aromatic rings. The first-order valence-corrected chi connectivity index (χ1v) is 5.92. The van der Waals surface area contributed by atoms with E-state index in [2.05, 4.69) is 10.6 Å². The summed E-state index contributed by atoms with van der Waals surface area (Å²) in [5, 5.41) is 25.0. The molecular formula is C12H15N3O5. The number of nitro benzene ring substituents is 1. The van der Waals surface area contributed by atoms with Crippen LogP contribution in [0.4, 0.5) is 11.4 Å². The van der Waals surface area contributed by atoms with Gasteiger partial charge in [0.25, 0.3) is 5.69 Å². The molecule has 20 heavy (non-hydrogen) atoms. The molecule has 1 unspecified atom stereocenters. The minimum absolute atomic E-state index is 0.154. The Morgan fingerprint density at radius 2 is 2.10 bits per heavy atom. The lowest BCUT2D eigenvalue weighted by atomic mass is 10.1. The molecular weight excluding hydrogens is 266 g/mol. The van der Waals surface area contributed by atoms with Gasteiger partial charge in [-0.2, -0.15) is 0 Å². The Labute approximate surface area is 114 Å². The molecule has 0 aliphatic heterocycles. The number of carbonyl (C=O) groups is 2. The Bertz CT molecular complexity index is 544. The number of anilines is 1. The second-order valence-corrected chi connectivity index (χ2v) is 4.05. The molecule has 0 saturated carbocycles. The van der Waals surface area contributed by atoms with Crippen molar-refractivity contribution in [1.82, 2.24) is 5.32 Å². The Kier molecular flexibility index (Phi) is 5.01. The number of hydrogen-bond acceptors (Lipinski definition) is 5. The van der Waals surface area contributed by atoms with Crippen LogP contribution in [-0.2, 0) is 4.79 Å². The molecule has 108 valence electrons. The molecule has 8 heteroatoms. The van der Waals surface area contributed by atoms with Gasteiger partial charge >= 0.3 is 5.97 Å². The predicted octanol–water partition coefficient (Wildman–Crippen LogP) is 1.23. The van der Waals surface area contributed by atoms with Crippen LogP contribution >= 0.6 is 0 Å². The first-order valence-electron chi connectivity index (χ1n) is 5.92. The number of carbonyl (C=O) groups excluding carboxylic acids is 1. The van der Waals surface area contributed by atoms with Crippen LogP contribution in [0.2, 0.25) is 0 Å². The Hall–Kier alpha value is -2.64. The van der Waals surface area contributed by atoms with Crippen molar-refractivity contribution in [2.75, 3.05) is 11.9 Å². The third-order valence-electron chi connectivity index (χ3n) is 2.56. The number of likely N-dealkylation sites (N-methyl/N-ethyl adjacent to an activating group) is 1. The van der Waals surface area contributed by atoms with E-state index in [4.69, 9.17) is 5.11 Å². The van der Waals surface area contributed by atoms with Gasteiger partial charge in [0.1, 0.15) is 6.04 Å². The zero-order valence-corrected chi connectivity index (χ0v) is 11.0. The topological polar surface area (TPSA) is 122 Å². The van der Waals surface area contributed by atoms with Gasteiger partial charge in [0.15, 0.2) is 0 Å². The molecule has 0 fully saturated rings. The first-order chi connectivity index (χ1) is 9.36. The minimum Gasteiger partial charge on any atom is -0.478 e. The summed E-state index contributed by atoms with van der Waals surface area (Å²) in [6, 6.07) is 2.75. The Morgan fingerprint density at radius 3 is 2.60 bits per heavy atom. The zero-order valence-electron chi connectivity index (χ0n) is 11.0. The maximum atomic E-state index is 11.6. The van der Waals surface area contributed by atoms with E-state index in [9.17, 15) is 19.7 Å². The number of rotatable bonds is 6. The summed E-state index contributed by atoms with van der Waals surface area (Å²) in [4.78, 5) is 32.6. The van der Waals surface area contributed by atoms with Crippen LogP contribution in [0.15, 0.2) is 18.2 Å². The third kappa shape index (κ3) is 3.67. The van der Waals surface area contributed by atoms with Gasteiger partial charge in [-0.05, 0) is 19.9 Å². The highest BCUT2D eigenvalue weighted by Crippen LogP contribution is 2.22. The number of aromatic carboxylic acids is 1. The largest absolute Gasteiger partial charge is 0.478 e. The summed E-state index contributed by atoms with van der Waals surface area (Å²) in [5.74, 6) is -1.60. The average molecular weight is 281 g/mol. The van der Waals surface area contributed by atoms with Crippen molar-refractivity contribution in [2.45, 2.75) is 19.9 Å². The highest BCUT2D eigenvalue weighted by molar-refractivity contribution is 5.96. The Morgan fingerprint density at radius 1 is 1.45 bits per heavy atom. The molecule has 0 heterocycles. The van der Waals surface area contributed by atoms with Crippen molar-refractivity contribution in [1.29, 1.82) is 0 Å². The molecule has 1 atom stereocenters. The van der Waals surface area contributed by atoms with Crippen LogP contribution in [0, 0.1) is 10.1 Å². The fourth-order valence-corrected chi connectivity index (χ4v) is 1.57. The highest BCUT2D eigenvalue weighted by atomic mass is 16.6. The molecule has 0 aliphatic carbocycles. The van der Waals surface area contributed by atoms with Crippen LogP contribution in [0.1, 0.15) is 24.2 Å². The predicted molar refractivity (Wildman–Crippen MR) is 71.8 cm³/mol. The number of amides is 1. The SMILES string of the molecule is CCNC(=O)C(C)Nc1ccc([N+](=O)[O-])cc1C(=O)O. The molecule has 1 amide bonds. The number of carboxylic acids is 1. The van der Waals surface area contributed by atoms with Crippen molar-refractivity contribution >= 4 is 23.3 Å². The standard InChI is InChI=1S/C12H15N3O5/c1-3-13-11(16)7(2)14-10-5-4-8(15(19)20)6-9(10)12(17)18/h4-7,14H,3H2,1-2H3,(H,13,16)(H,17,18). The summed E-state index contributed by atoms with van der Waals surface area (Å²) in [6.45, 7) is 3.79. The number of benzene rings is 1. The number of non-ortho nitro benzene ring substituents is 1. The molecule has 3 N–H and O–H groups in total. The minimum atomic E-state index is -1.31. The summed E-state index contributed by atoms with van der Waals surface area (Å²) in [5.41, 5.74) is -0.421. The second kappa shape index (κ2) is 6.50. The fourth-order valence-electron chi connectivity index (χ4n) is 1.57. The number of nitrogens with zero attached hydrogens (tertiary/aromatic N) is 1. The number of hydrogen-bond donors (Lipinski definition) is 3. The van der Waals surface area contributed by atoms with Gasteiger partial charge in [-0.15, -0.1) is 0 Å². The van der Waals surface area contributed by atoms with E-state index in [0.29, 0.717) is 6.54 Å². The van der Waals surface area contributed by atoms with Gasteiger partial charge in [0, 0.05) is 24.4 Å². The van der Waals surface area contributed by atoms with Crippen molar-refractivity contribution in [3.05, 3.63) is 33.9 Å². The number of nitro groups is 1. The lowest BCUT2D eigenvalue weighted by molar-refractivity contribution is -0.384. The molecule has 1 rings (SSSR count). The van der Waals surface area contributed by atoms with E-state index in [1.165, 1.54) is 12.1 Å². The normalized spacial score (nSPS) is 11.5. The summed E-state index contributed by atoms with van der Waals surface area (Å²) < 4.78 is 0. The monoisotopic (exact) mass is 281 g/mol. The van der Waals surface area contributed by atoms with E-state index in [0.717, 1.165) is 6.07 Å². The third-order valence-corrected chi connectivity index (χ3v) is 2.56. The van der Waals surface area contributed by atoms with Gasteiger partial charge in [-0.1, -0.05) is 0 Å². The maximum Gasteiger partial charge on any atom is 0.338 e. The fraction of sp³-hybridized carbons (Fsp3) is 0.333. The van der Waals surface area contributed by atoms with Crippen LogP contribution in [0.5, 0.6) is 0 Å². The van der Waals surface area contributed by atoms with Gasteiger partial charge in [0.2, 0.25) is 5.91 Å². The quantitative estimate of drug-likeness (QED) is 0.532. The first kappa shape index (κ1) is 15.4. The van der Waals surface area contributed by atoms with Crippen LogP contribution in [-0.4, -0.2) is 34.5 Å². The molecule has 0 aromatic heterocycles.